The van der Waals surface area contributed by atoms with Gasteiger partial charge in [-0.05, 0) is 12.5 Å². The van der Waals surface area contributed by atoms with Crippen molar-refractivity contribution in [1.82, 2.24) is 0 Å². The van der Waals surface area contributed by atoms with E-state index in [0.717, 1.165) is 0 Å². The smallest absolute Gasteiger partial charge is 0.154 e. The third-order valence-corrected chi connectivity index (χ3v) is 1.66. The molecule has 0 aliphatic rings. The van der Waals surface area contributed by atoms with Crippen LogP contribution in [-0.2, 0) is 16.1 Å². The molecule has 1 rings (SSSR count). The average Bonchev–Trinajstić information content (AvgIpc) is 2.16. The summed E-state index contributed by atoms with van der Waals surface area (Å²) in [5.74, 6) is 0. The standard InChI is InChI=1S/C10H14O2/c1-9(11-2)12-8-10-6-4-3-5-7-10/h3-7,9H,8H2,1-2H3. The Balaban J connectivity index is 2.33. The van der Waals surface area contributed by atoms with Gasteiger partial charge in [0.15, 0.2) is 6.29 Å². The first-order valence-electron chi connectivity index (χ1n) is 4.01. The maximum atomic E-state index is 5.35. The molecule has 0 radical (unpaired) electrons. The first kappa shape index (κ1) is 9.23. The monoisotopic (exact) mass is 166 g/mol. The molecule has 0 N–H and O–H groups in total. The molecule has 0 saturated heterocycles. The van der Waals surface area contributed by atoms with Crippen LogP contribution in [-0.4, -0.2) is 13.4 Å². The zero-order chi connectivity index (χ0) is 8.81. The lowest BCUT2D eigenvalue weighted by Gasteiger charge is -2.10. The van der Waals surface area contributed by atoms with Crippen molar-refractivity contribution >= 4 is 0 Å². The lowest BCUT2D eigenvalue weighted by Crippen LogP contribution is -2.09. The Labute approximate surface area is 73.1 Å². The quantitative estimate of drug-likeness (QED) is 0.638. The topological polar surface area (TPSA) is 18.5 Å². The van der Waals surface area contributed by atoms with E-state index in [1.165, 1.54) is 5.56 Å². The Morgan fingerprint density at radius 2 is 1.92 bits per heavy atom. The van der Waals surface area contributed by atoms with Gasteiger partial charge in [0, 0.05) is 7.11 Å². The normalized spacial score (nSPS) is 12.8. The van der Waals surface area contributed by atoms with Crippen molar-refractivity contribution in [2.75, 3.05) is 7.11 Å². The number of methoxy groups -OCH3 is 1. The number of benzene rings is 1. The highest BCUT2D eigenvalue weighted by Gasteiger charge is 1.98. The Morgan fingerprint density at radius 3 is 2.50 bits per heavy atom. The van der Waals surface area contributed by atoms with Crippen molar-refractivity contribution < 1.29 is 9.47 Å². The van der Waals surface area contributed by atoms with Crippen molar-refractivity contribution in [2.24, 2.45) is 0 Å². The van der Waals surface area contributed by atoms with E-state index in [1.807, 2.05) is 37.3 Å². The highest BCUT2D eigenvalue weighted by molar-refractivity contribution is 5.13. The van der Waals surface area contributed by atoms with E-state index in [-0.39, 0.29) is 6.29 Å². The van der Waals surface area contributed by atoms with E-state index in [0.29, 0.717) is 6.61 Å². The number of ether oxygens (including phenoxy) is 2. The molecule has 2 heteroatoms. The van der Waals surface area contributed by atoms with Gasteiger partial charge < -0.3 is 9.47 Å². The van der Waals surface area contributed by atoms with Gasteiger partial charge in [-0.25, -0.2) is 0 Å². The van der Waals surface area contributed by atoms with Gasteiger partial charge >= 0.3 is 0 Å². The predicted octanol–water partition coefficient (Wildman–Crippen LogP) is 2.20. The van der Waals surface area contributed by atoms with Gasteiger partial charge in [-0.1, -0.05) is 30.3 Å². The van der Waals surface area contributed by atoms with Crippen LogP contribution in [0, 0.1) is 0 Å². The van der Waals surface area contributed by atoms with Gasteiger partial charge in [-0.2, -0.15) is 0 Å². The Morgan fingerprint density at radius 1 is 1.25 bits per heavy atom. The van der Waals surface area contributed by atoms with Crippen molar-refractivity contribution in [3.05, 3.63) is 35.9 Å². The minimum Gasteiger partial charge on any atom is -0.356 e. The summed E-state index contributed by atoms with van der Waals surface area (Å²) in [4.78, 5) is 0. The van der Waals surface area contributed by atoms with E-state index in [4.69, 9.17) is 9.47 Å². The maximum Gasteiger partial charge on any atom is 0.154 e. The Bertz CT molecular complexity index is 208. The van der Waals surface area contributed by atoms with Crippen LogP contribution >= 0.6 is 0 Å². The zero-order valence-electron chi connectivity index (χ0n) is 7.49. The number of hydrogen-bond donors (Lipinski definition) is 0. The van der Waals surface area contributed by atoms with Crippen LogP contribution in [0.3, 0.4) is 0 Å². The summed E-state index contributed by atoms with van der Waals surface area (Å²) >= 11 is 0. The fourth-order valence-electron chi connectivity index (χ4n) is 0.856. The lowest BCUT2D eigenvalue weighted by atomic mass is 10.2. The largest absolute Gasteiger partial charge is 0.356 e. The zero-order valence-corrected chi connectivity index (χ0v) is 7.49. The second kappa shape index (κ2) is 4.91. The average molecular weight is 166 g/mol. The highest BCUT2D eigenvalue weighted by atomic mass is 16.7. The summed E-state index contributed by atoms with van der Waals surface area (Å²) in [7, 11) is 1.63. The fourth-order valence-corrected chi connectivity index (χ4v) is 0.856. The number of rotatable bonds is 4. The highest BCUT2D eigenvalue weighted by Crippen LogP contribution is 2.02. The van der Waals surface area contributed by atoms with Gasteiger partial charge in [0.25, 0.3) is 0 Å². The maximum absolute atomic E-state index is 5.35. The van der Waals surface area contributed by atoms with E-state index in [2.05, 4.69) is 0 Å². The van der Waals surface area contributed by atoms with Crippen molar-refractivity contribution in [1.29, 1.82) is 0 Å². The number of hydrogen-bond acceptors (Lipinski definition) is 2. The molecule has 1 aromatic rings. The second-order valence-corrected chi connectivity index (χ2v) is 2.60. The molecule has 66 valence electrons. The van der Waals surface area contributed by atoms with Crippen LogP contribution in [0.5, 0.6) is 0 Å². The molecular formula is C10H14O2. The molecule has 0 fully saturated rings. The van der Waals surface area contributed by atoms with Crippen molar-refractivity contribution in [2.45, 2.75) is 19.8 Å². The molecule has 0 bridgehead atoms. The van der Waals surface area contributed by atoms with Gasteiger partial charge in [0.1, 0.15) is 0 Å². The van der Waals surface area contributed by atoms with Crippen LogP contribution in [0.25, 0.3) is 0 Å². The molecule has 0 aliphatic heterocycles. The SMILES string of the molecule is COC(C)OCc1ccccc1. The Hall–Kier alpha value is -0.860. The molecule has 0 amide bonds. The minimum absolute atomic E-state index is 0.134. The lowest BCUT2D eigenvalue weighted by molar-refractivity contribution is -0.118. The summed E-state index contributed by atoms with van der Waals surface area (Å²) < 4.78 is 10.3. The molecule has 2 nitrogen and oxygen atoms in total. The summed E-state index contributed by atoms with van der Waals surface area (Å²) in [5.41, 5.74) is 1.17. The van der Waals surface area contributed by atoms with E-state index in [1.54, 1.807) is 7.11 Å². The molecule has 0 aliphatic carbocycles. The van der Waals surface area contributed by atoms with Gasteiger partial charge in [0.2, 0.25) is 0 Å². The van der Waals surface area contributed by atoms with Gasteiger partial charge in [-0.3, -0.25) is 0 Å². The van der Waals surface area contributed by atoms with Crippen LogP contribution in [0.1, 0.15) is 12.5 Å². The summed E-state index contributed by atoms with van der Waals surface area (Å²) in [6, 6.07) is 10.0. The molecule has 0 aromatic heterocycles. The first-order valence-corrected chi connectivity index (χ1v) is 4.01. The third kappa shape index (κ3) is 3.03. The second-order valence-electron chi connectivity index (χ2n) is 2.60. The van der Waals surface area contributed by atoms with Crippen molar-refractivity contribution in [3.63, 3.8) is 0 Å². The molecule has 0 heterocycles. The molecular weight excluding hydrogens is 152 g/mol. The van der Waals surface area contributed by atoms with Crippen LogP contribution < -0.4 is 0 Å². The predicted molar refractivity (Wildman–Crippen MR) is 47.7 cm³/mol. The molecule has 0 saturated carbocycles. The van der Waals surface area contributed by atoms with Gasteiger partial charge in [0.05, 0.1) is 6.61 Å². The van der Waals surface area contributed by atoms with E-state index in [9.17, 15) is 0 Å². The minimum atomic E-state index is -0.134. The molecule has 1 atom stereocenters. The molecule has 1 unspecified atom stereocenters. The Kier molecular flexibility index (Phi) is 3.77. The van der Waals surface area contributed by atoms with E-state index < -0.39 is 0 Å². The van der Waals surface area contributed by atoms with Crippen molar-refractivity contribution in [3.8, 4) is 0 Å². The molecule has 1 aromatic carbocycles. The summed E-state index contributed by atoms with van der Waals surface area (Å²) in [6.07, 6.45) is -0.134. The fraction of sp³-hybridized carbons (Fsp3) is 0.400. The molecule has 0 spiro atoms. The first-order chi connectivity index (χ1) is 5.83. The summed E-state index contributed by atoms with van der Waals surface area (Å²) in [6.45, 7) is 2.48. The van der Waals surface area contributed by atoms with Crippen LogP contribution in [0.2, 0.25) is 0 Å². The molecule has 12 heavy (non-hydrogen) atoms. The van der Waals surface area contributed by atoms with Crippen LogP contribution in [0.15, 0.2) is 30.3 Å². The van der Waals surface area contributed by atoms with Gasteiger partial charge in [-0.15, -0.1) is 0 Å². The van der Waals surface area contributed by atoms with Crippen LogP contribution in [0.4, 0.5) is 0 Å². The third-order valence-electron chi connectivity index (χ3n) is 1.66. The summed E-state index contributed by atoms with van der Waals surface area (Å²) in [5, 5.41) is 0. The van der Waals surface area contributed by atoms with E-state index >= 15 is 0 Å².